The zero-order valence-electron chi connectivity index (χ0n) is 12.0. The van der Waals surface area contributed by atoms with Gasteiger partial charge in [-0.1, -0.05) is 0 Å². The molecule has 0 atom stereocenters. The SMILES string of the molecule is CC(=O)NCc1ccc(C(=O)NCCCOCC(F)(F)F)s1. The molecule has 124 valence electrons. The number of carbonyl (C=O) groups excluding carboxylic acids is 2. The van der Waals surface area contributed by atoms with Gasteiger partial charge in [0.15, 0.2) is 0 Å². The second-order valence-electron chi connectivity index (χ2n) is 4.45. The van der Waals surface area contributed by atoms with E-state index in [-0.39, 0.29) is 25.0 Å². The fourth-order valence-electron chi connectivity index (χ4n) is 1.46. The molecule has 1 heterocycles. The van der Waals surface area contributed by atoms with Gasteiger partial charge in [0.1, 0.15) is 6.61 Å². The van der Waals surface area contributed by atoms with Crippen LogP contribution in [0.1, 0.15) is 27.9 Å². The molecule has 1 aromatic heterocycles. The van der Waals surface area contributed by atoms with Crippen LogP contribution in [0.2, 0.25) is 0 Å². The Morgan fingerprint density at radius 2 is 2.00 bits per heavy atom. The van der Waals surface area contributed by atoms with Crippen LogP contribution in [0.5, 0.6) is 0 Å². The summed E-state index contributed by atoms with van der Waals surface area (Å²) in [5.74, 6) is -0.451. The lowest BCUT2D eigenvalue weighted by Crippen LogP contribution is -2.25. The number of alkyl halides is 3. The lowest BCUT2D eigenvalue weighted by Gasteiger charge is -2.07. The topological polar surface area (TPSA) is 67.4 Å². The Bertz CT molecular complexity index is 503. The predicted molar refractivity (Wildman–Crippen MR) is 75.7 cm³/mol. The first-order valence-corrected chi connectivity index (χ1v) is 7.35. The van der Waals surface area contributed by atoms with Gasteiger partial charge in [-0.3, -0.25) is 9.59 Å². The summed E-state index contributed by atoms with van der Waals surface area (Å²) < 4.78 is 39.9. The predicted octanol–water partition coefficient (Wildman–Crippen LogP) is 2.08. The van der Waals surface area contributed by atoms with Crippen molar-refractivity contribution in [3.63, 3.8) is 0 Å². The van der Waals surface area contributed by atoms with E-state index in [1.165, 1.54) is 18.3 Å². The third-order valence-corrected chi connectivity index (χ3v) is 3.50. The normalized spacial score (nSPS) is 11.3. The van der Waals surface area contributed by atoms with E-state index in [0.717, 1.165) is 4.88 Å². The molecule has 0 saturated heterocycles. The zero-order chi connectivity index (χ0) is 16.6. The van der Waals surface area contributed by atoms with Gasteiger partial charge in [-0.15, -0.1) is 11.3 Å². The van der Waals surface area contributed by atoms with Gasteiger partial charge in [-0.05, 0) is 18.6 Å². The monoisotopic (exact) mass is 338 g/mol. The standard InChI is InChI=1S/C13H17F3N2O3S/c1-9(19)18-7-10-3-4-11(22-10)12(20)17-5-2-6-21-8-13(14,15)16/h3-4H,2,5-8H2,1H3,(H,17,20)(H,18,19). The second kappa shape index (κ2) is 8.74. The number of rotatable bonds is 8. The molecule has 9 heteroatoms. The lowest BCUT2D eigenvalue weighted by atomic mass is 10.4. The van der Waals surface area contributed by atoms with Crippen LogP contribution in [0.25, 0.3) is 0 Å². The molecule has 0 saturated carbocycles. The quantitative estimate of drug-likeness (QED) is 0.713. The Morgan fingerprint density at radius 3 is 2.64 bits per heavy atom. The molecular weight excluding hydrogens is 321 g/mol. The molecule has 0 bridgehead atoms. The van der Waals surface area contributed by atoms with Crippen LogP contribution in [0.4, 0.5) is 13.2 Å². The third kappa shape index (κ3) is 7.99. The van der Waals surface area contributed by atoms with Crippen LogP contribution in [0.3, 0.4) is 0 Å². The van der Waals surface area contributed by atoms with Crippen molar-refractivity contribution in [3.05, 3.63) is 21.9 Å². The van der Waals surface area contributed by atoms with E-state index in [1.807, 2.05) is 0 Å². The maximum atomic E-state index is 11.8. The van der Waals surface area contributed by atoms with E-state index in [9.17, 15) is 22.8 Å². The highest BCUT2D eigenvalue weighted by atomic mass is 32.1. The molecule has 22 heavy (non-hydrogen) atoms. The molecule has 0 unspecified atom stereocenters. The van der Waals surface area contributed by atoms with Crippen molar-refractivity contribution in [2.24, 2.45) is 0 Å². The van der Waals surface area contributed by atoms with E-state index < -0.39 is 12.8 Å². The summed E-state index contributed by atoms with van der Waals surface area (Å²) in [4.78, 5) is 23.9. The molecular formula is C13H17F3N2O3S. The van der Waals surface area contributed by atoms with E-state index in [0.29, 0.717) is 17.8 Å². The molecule has 0 aliphatic rings. The van der Waals surface area contributed by atoms with Crippen molar-refractivity contribution < 1.29 is 27.5 Å². The molecule has 2 amide bonds. The molecule has 0 spiro atoms. The summed E-state index contributed by atoms with van der Waals surface area (Å²) in [5.41, 5.74) is 0. The average Bonchev–Trinajstić information content (AvgIpc) is 2.88. The molecule has 0 aliphatic carbocycles. The summed E-state index contributed by atoms with van der Waals surface area (Å²) >= 11 is 1.25. The molecule has 0 aromatic carbocycles. The number of hydrogen-bond donors (Lipinski definition) is 2. The van der Waals surface area contributed by atoms with Gasteiger partial charge in [0.2, 0.25) is 5.91 Å². The van der Waals surface area contributed by atoms with Crippen molar-refractivity contribution in [2.75, 3.05) is 19.8 Å². The van der Waals surface area contributed by atoms with Crippen LogP contribution in [0.15, 0.2) is 12.1 Å². The highest BCUT2D eigenvalue weighted by Gasteiger charge is 2.27. The Labute approximate surface area is 129 Å². The summed E-state index contributed by atoms with van der Waals surface area (Å²) in [6.07, 6.45) is -4.03. The van der Waals surface area contributed by atoms with Gasteiger partial charge in [-0.25, -0.2) is 0 Å². The number of amides is 2. The Morgan fingerprint density at radius 1 is 1.27 bits per heavy atom. The number of thiophene rings is 1. The van der Waals surface area contributed by atoms with Crippen molar-refractivity contribution in [1.82, 2.24) is 10.6 Å². The van der Waals surface area contributed by atoms with Crippen LogP contribution in [-0.2, 0) is 16.1 Å². The molecule has 1 rings (SSSR count). The number of nitrogens with one attached hydrogen (secondary N) is 2. The number of carbonyl (C=O) groups is 2. The number of ether oxygens (including phenoxy) is 1. The highest BCUT2D eigenvalue weighted by Crippen LogP contribution is 2.16. The summed E-state index contributed by atoms with van der Waals surface area (Å²) in [5, 5.41) is 5.22. The van der Waals surface area contributed by atoms with E-state index in [4.69, 9.17) is 0 Å². The minimum atomic E-state index is -4.33. The van der Waals surface area contributed by atoms with Crippen LogP contribution < -0.4 is 10.6 Å². The van der Waals surface area contributed by atoms with Gasteiger partial charge in [0.05, 0.1) is 11.4 Å². The highest BCUT2D eigenvalue weighted by molar-refractivity contribution is 7.14. The molecule has 1 aromatic rings. The molecule has 5 nitrogen and oxygen atoms in total. The fraction of sp³-hybridized carbons (Fsp3) is 0.538. The Kier molecular flexibility index (Phi) is 7.33. The van der Waals surface area contributed by atoms with Crippen molar-refractivity contribution in [1.29, 1.82) is 0 Å². The average molecular weight is 338 g/mol. The van der Waals surface area contributed by atoms with Crippen molar-refractivity contribution in [2.45, 2.75) is 26.1 Å². The lowest BCUT2D eigenvalue weighted by molar-refractivity contribution is -0.173. The van der Waals surface area contributed by atoms with Gasteiger partial charge in [-0.2, -0.15) is 13.2 Å². The molecule has 2 N–H and O–H groups in total. The largest absolute Gasteiger partial charge is 0.411 e. The first-order valence-electron chi connectivity index (χ1n) is 6.54. The maximum absolute atomic E-state index is 11.8. The minimum absolute atomic E-state index is 0.0714. The first kappa shape index (κ1) is 18.4. The van der Waals surface area contributed by atoms with Crippen LogP contribution in [-0.4, -0.2) is 37.7 Å². The van der Waals surface area contributed by atoms with E-state index in [2.05, 4.69) is 15.4 Å². The number of halogens is 3. The van der Waals surface area contributed by atoms with Crippen LogP contribution in [0, 0.1) is 0 Å². The van der Waals surface area contributed by atoms with E-state index in [1.54, 1.807) is 12.1 Å². The first-order chi connectivity index (χ1) is 10.3. The van der Waals surface area contributed by atoms with Gasteiger partial charge < -0.3 is 15.4 Å². The Hall–Kier alpha value is -1.61. The zero-order valence-corrected chi connectivity index (χ0v) is 12.8. The molecule has 0 radical (unpaired) electrons. The Balaban J connectivity index is 2.21. The minimum Gasteiger partial charge on any atom is -0.372 e. The molecule has 0 fully saturated rings. The van der Waals surface area contributed by atoms with Gasteiger partial charge >= 0.3 is 6.18 Å². The molecule has 0 aliphatic heterocycles. The van der Waals surface area contributed by atoms with Crippen LogP contribution >= 0.6 is 11.3 Å². The van der Waals surface area contributed by atoms with Gasteiger partial charge in [0, 0.05) is 25.0 Å². The maximum Gasteiger partial charge on any atom is 0.411 e. The smallest absolute Gasteiger partial charge is 0.372 e. The van der Waals surface area contributed by atoms with Gasteiger partial charge in [0.25, 0.3) is 5.91 Å². The summed E-state index contributed by atoms with van der Waals surface area (Å²) in [6.45, 7) is 0.645. The number of hydrogen-bond acceptors (Lipinski definition) is 4. The van der Waals surface area contributed by atoms with Crippen molar-refractivity contribution >= 4 is 23.2 Å². The third-order valence-electron chi connectivity index (χ3n) is 2.41. The summed E-state index contributed by atoms with van der Waals surface area (Å²) in [6, 6.07) is 3.37. The van der Waals surface area contributed by atoms with Crippen molar-refractivity contribution in [3.8, 4) is 0 Å². The summed E-state index contributed by atoms with van der Waals surface area (Å²) in [7, 11) is 0. The second-order valence-corrected chi connectivity index (χ2v) is 5.62. The fourth-order valence-corrected chi connectivity index (χ4v) is 2.32. The van der Waals surface area contributed by atoms with E-state index >= 15 is 0 Å².